The van der Waals surface area contributed by atoms with Crippen molar-refractivity contribution in [3.05, 3.63) is 0 Å². The second-order valence-electron chi connectivity index (χ2n) is 3.30. The van der Waals surface area contributed by atoms with Crippen LogP contribution >= 0.6 is 23.2 Å². The maximum Gasteiger partial charge on any atom is 0.340 e. The Morgan fingerprint density at radius 1 is 1.50 bits per heavy atom. The fraction of sp³-hybridized carbons (Fsp3) is 0.875. The molecule has 4 heteroatoms. The Balaban J connectivity index is 3.69. The summed E-state index contributed by atoms with van der Waals surface area (Å²) in [6.07, 6.45) is 2.01. The topological polar surface area (TPSA) is 37.3 Å². The minimum Gasteiger partial charge on any atom is -0.479 e. The van der Waals surface area contributed by atoms with Crippen LogP contribution in [-0.2, 0) is 4.79 Å². The standard InChI is InChI=1S/C8H14Cl2O2/c1-6(2)4-3-5-8(9,10)7(11)12/h6H,3-5H2,1-2H3,(H,11,12). The number of carboxylic acids is 1. The van der Waals surface area contributed by atoms with Crippen molar-refractivity contribution < 1.29 is 9.90 Å². The minimum absolute atomic E-state index is 0.309. The number of aliphatic carboxylic acids is 1. The second-order valence-corrected chi connectivity index (χ2v) is 4.78. The van der Waals surface area contributed by atoms with Gasteiger partial charge in [-0.2, -0.15) is 0 Å². The van der Waals surface area contributed by atoms with Crippen LogP contribution in [0.25, 0.3) is 0 Å². The number of alkyl halides is 2. The lowest BCUT2D eigenvalue weighted by molar-refractivity contribution is -0.138. The quantitative estimate of drug-likeness (QED) is 0.712. The molecule has 0 fully saturated rings. The molecule has 0 radical (unpaired) electrons. The molecule has 0 heterocycles. The maximum atomic E-state index is 10.4. The van der Waals surface area contributed by atoms with Gasteiger partial charge in [-0.15, -0.1) is 0 Å². The van der Waals surface area contributed by atoms with Gasteiger partial charge in [0.25, 0.3) is 0 Å². The lowest BCUT2D eigenvalue weighted by Gasteiger charge is -2.14. The first-order valence-electron chi connectivity index (χ1n) is 3.97. The van der Waals surface area contributed by atoms with Crippen molar-refractivity contribution in [1.82, 2.24) is 0 Å². The Bertz CT molecular complexity index is 155. The van der Waals surface area contributed by atoms with Crippen LogP contribution in [0, 0.1) is 5.92 Å². The number of hydrogen-bond acceptors (Lipinski definition) is 1. The van der Waals surface area contributed by atoms with Gasteiger partial charge in [0, 0.05) is 0 Å². The summed E-state index contributed by atoms with van der Waals surface area (Å²) in [6, 6.07) is 0. The van der Waals surface area contributed by atoms with Gasteiger partial charge in [-0.25, -0.2) is 4.79 Å². The average molecular weight is 213 g/mol. The van der Waals surface area contributed by atoms with E-state index in [0.29, 0.717) is 12.3 Å². The van der Waals surface area contributed by atoms with Crippen LogP contribution in [0.2, 0.25) is 0 Å². The molecule has 0 saturated carbocycles. The van der Waals surface area contributed by atoms with E-state index in [-0.39, 0.29) is 0 Å². The van der Waals surface area contributed by atoms with Gasteiger partial charge in [0.05, 0.1) is 0 Å². The normalized spacial score (nSPS) is 12.1. The highest BCUT2D eigenvalue weighted by atomic mass is 35.5. The Labute approximate surface area is 82.9 Å². The molecule has 0 aliphatic rings. The van der Waals surface area contributed by atoms with Crippen LogP contribution < -0.4 is 0 Å². The van der Waals surface area contributed by atoms with E-state index in [1.807, 2.05) is 0 Å². The molecule has 0 bridgehead atoms. The van der Waals surface area contributed by atoms with Gasteiger partial charge in [-0.3, -0.25) is 0 Å². The van der Waals surface area contributed by atoms with Gasteiger partial charge < -0.3 is 5.11 Å². The van der Waals surface area contributed by atoms with Crippen molar-refractivity contribution >= 4 is 29.2 Å². The smallest absolute Gasteiger partial charge is 0.340 e. The molecule has 0 unspecified atom stereocenters. The largest absolute Gasteiger partial charge is 0.479 e. The summed E-state index contributed by atoms with van der Waals surface area (Å²) in [7, 11) is 0. The van der Waals surface area contributed by atoms with E-state index in [9.17, 15) is 4.79 Å². The molecule has 12 heavy (non-hydrogen) atoms. The van der Waals surface area contributed by atoms with Crippen LogP contribution in [0.4, 0.5) is 0 Å². The molecule has 0 saturated heterocycles. The molecule has 2 nitrogen and oxygen atoms in total. The molecular weight excluding hydrogens is 199 g/mol. The third-order valence-electron chi connectivity index (χ3n) is 1.59. The average Bonchev–Trinajstić information content (AvgIpc) is 1.85. The third kappa shape index (κ3) is 4.83. The zero-order valence-corrected chi connectivity index (χ0v) is 8.82. The molecule has 0 amide bonds. The first-order chi connectivity index (χ1) is 5.36. The molecule has 0 aromatic rings. The molecule has 0 aliphatic carbocycles. The first kappa shape index (κ1) is 12.0. The van der Waals surface area contributed by atoms with E-state index in [1.165, 1.54) is 0 Å². The molecule has 0 aliphatic heterocycles. The van der Waals surface area contributed by atoms with Crippen LogP contribution in [-0.4, -0.2) is 15.4 Å². The van der Waals surface area contributed by atoms with E-state index in [1.54, 1.807) is 0 Å². The van der Waals surface area contributed by atoms with Crippen LogP contribution in [0.15, 0.2) is 0 Å². The Morgan fingerprint density at radius 2 is 2.00 bits per heavy atom. The van der Waals surface area contributed by atoms with Crippen molar-refractivity contribution in [3.8, 4) is 0 Å². The Morgan fingerprint density at radius 3 is 2.33 bits per heavy atom. The van der Waals surface area contributed by atoms with E-state index in [2.05, 4.69) is 13.8 Å². The highest BCUT2D eigenvalue weighted by Crippen LogP contribution is 2.28. The van der Waals surface area contributed by atoms with Crippen molar-refractivity contribution in [2.45, 2.75) is 37.4 Å². The fourth-order valence-corrected chi connectivity index (χ4v) is 1.11. The summed E-state index contributed by atoms with van der Waals surface area (Å²) in [5.41, 5.74) is 0. The van der Waals surface area contributed by atoms with E-state index in [4.69, 9.17) is 28.3 Å². The molecule has 72 valence electrons. The molecule has 0 atom stereocenters. The van der Waals surface area contributed by atoms with Crippen molar-refractivity contribution in [2.24, 2.45) is 5.92 Å². The number of carbonyl (C=O) groups is 1. The van der Waals surface area contributed by atoms with Crippen LogP contribution in [0.5, 0.6) is 0 Å². The fourth-order valence-electron chi connectivity index (χ4n) is 0.839. The van der Waals surface area contributed by atoms with Crippen LogP contribution in [0.1, 0.15) is 33.1 Å². The number of carboxylic acid groups (broad SMARTS) is 1. The maximum absolute atomic E-state index is 10.4. The van der Waals surface area contributed by atoms with Gasteiger partial charge in [0.2, 0.25) is 4.33 Å². The minimum atomic E-state index is -1.60. The molecule has 0 aromatic carbocycles. The Kier molecular flexibility index (Phi) is 4.95. The number of halogens is 2. The van der Waals surface area contributed by atoms with Crippen molar-refractivity contribution in [1.29, 1.82) is 0 Å². The van der Waals surface area contributed by atoms with E-state index in [0.717, 1.165) is 12.8 Å². The molecule has 0 aromatic heterocycles. The number of hydrogen-bond donors (Lipinski definition) is 1. The Hall–Kier alpha value is 0.0500. The first-order valence-corrected chi connectivity index (χ1v) is 4.73. The SMILES string of the molecule is CC(C)CCCC(Cl)(Cl)C(=O)O. The second kappa shape index (κ2) is 4.93. The van der Waals surface area contributed by atoms with E-state index < -0.39 is 10.3 Å². The molecular formula is C8H14Cl2O2. The highest BCUT2D eigenvalue weighted by molar-refractivity contribution is 6.57. The lowest BCUT2D eigenvalue weighted by atomic mass is 10.1. The van der Waals surface area contributed by atoms with Gasteiger partial charge >= 0.3 is 5.97 Å². The van der Waals surface area contributed by atoms with Crippen molar-refractivity contribution in [2.75, 3.05) is 0 Å². The van der Waals surface area contributed by atoms with E-state index >= 15 is 0 Å². The summed E-state index contributed by atoms with van der Waals surface area (Å²) < 4.78 is -1.60. The van der Waals surface area contributed by atoms with Gasteiger partial charge in [0.15, 0.2) is 0 Å². The van der Waals surface area contributed by atoms with Gasteiger partial charge in [-0.05, 0) is 18.8 Å². The molecule has 0 rings (SSSR count). The zero-order chi connectivity index (χ0) is 9.78. The summed E-state index contributed by atoms with van der Waals surface area (Å²) in [5.74, 6) is -0.600. The monoisotopic (exact) mass is 212 g/mol. The number of rotatable bonds is 5. The third-order valence-corrected chi connectivity index (χ3v) is 2.29. The predicted molar refractivity (Wildman–Crippen MR) is 50.8 cm³/mol. The summed E-state index contributed by atoms with van der Waals surface area (Å²) >= 11 is 11.0. The predicted octanol–water partition coefficient (Wildman–Crippen LogP) is 3.07. The van der Waals surface area contributed by atoms with Gasteiger partial charge in [-0.1, -0.05) is 43.5 Å². The summed E-state index contributed by atoms with van der Waals surface area (Å²) in [4.78, 5) is 10.4. The van der Waals surface area contributed by atoms with Crippen molar-refractivity contribution in [3.63, 3.8) is 0 Å². The van der Waals surface area contributed by atoms with Gasteiger partial charge in [0.1, 0.15) is 0 Å². The summed E-state index contributed by atoms with van der Waals surface area (Å²) in [5, 5.41) is 8.54. The zero-order valence-electron chi connectivity index (χ0n) is 7.31. The molecule has 0 spiro atoms. The summed E-state index contributed by atoms with van der Waals surface area (Å²) in [6.45, 7) is 4.15. The molecule has 1 N–H and O–H groups in total. The lowest BCUT2D eigenvalue weighted by Crippen LogP contribution is -2.25. The van der Waals surface area contributed by atoms with Crippen LogP contribution in [0.3, 0.4) is 0 Å². The highest BCUT2D eigenvalue weighted by Gasteiger charge is 2.32.